The second-order valence-electron chi connectivity index (χ2n) is 6.95. The summed E-state index contributed by atoms with van der Waals surface area (Å²) in [4.78, 5) is 43.7. The Labute approximate surface area is 168 Å². The fourth-order valence-corrected chi connectivity index (χ4v) is 4.05. The van der Waals surface area contributed by atoms with E-state index in [0.29, 0.717) is 43.2 Å². The summed E-state index contributed by atoms with van der Waals surface area (Å²) in [5.41, 5.74) is 1.04. The molecule has 1 aliphatic heterocycles. The number of nitrogens with one attached hydrogen (secondary N) is 2. The van der Waals surface area contributed by atoms with Gasteiger partial charge in [0.05, 0.1) is 11.4 Å². The number of amides is 3. The lowest BCUT2D eigenvalue weighted by Gasteiger charge is -2.31. The Morgan fingerprint density at radius 1 is 1.21 bits per heavy atom. The minimum atomic E-state index is -0.120. The molecule has 2 N–H and O–H groups in total. The Morgan fingerprint density at radius 2 is 1.96 bits per heavy atom. The Morgan fingerprint density at radius 3 is 2.64 bits per heavy atom. The van der Waals surface area contributed by atoms with Crippen LogP contribution >= 0.6 is 11.3 Å². The molecule has 3 amide bonds. The van der Waals surface area contributed by atoms with Crippen molar-refractivity contribution in [2.24, 2.45) is 5.92 Å². The number of nitrogens with zero attached hydrogens (tertiary/aromatic N) is 2. The van der Waals surface area contributed by atoms with Crippen LogP contribution in [-0.4, -0.2) is 40.7 Å². The summed E-state index contributed by atoms with van der Waals surface area (Å²) >= 11 is 1.39. The molecule has 1 fully saturated rings. The van der Waals surface area contributed by atoms with E-state index in [2.05, 4.69) is 15.6 Å². The summed E-state index contributed by atoms with van der Waals surface area (Å²) in [6.45, 7) is 4.96. The Balaban J connectivity index is 1.51. The number of aromatic nitrogens is 1. The Kier molecular flexibility index (Phi) is 6.41. The second kappa shape index (κ2) is 8.97. The van der Waals surface area contributed by atoms with Crippen LogP contribution in [0.4, 0.5) is 5.82 Å². The SMILES string of the molecule is CC(=O)NCc1ccc(C(=O)N2CCC(C(=O)Nc3cc(C)ccn3)CC2)s1. The van der Waals surface area contributed by atoms with Gasteiger partial charge in [-0.3, -0.25) is 14.4 Å². The van der Waals surface area contributed by atoms with Crippen LogP contribution < -0.4 is 10.6 Å². The van der Waals surface area contributed by atoms with Gasteiger partial charge in [-0.25, -0.2) is 4.98 Å². The van der Waals surface area contributed by atoms with Gasteiger partial charge in [-0.05, 0) is 49.6 Å². The van der Waals surface area contributed by atoms with Crippen molar-refractivity contribution in [3.63, 3.8) is 0 Å². The molecule has 1 aliphatic rings. The number of piperidine rings is 1. The average Bonchev–Trinajstić information content (AvgIpc) is 3.15. The van der Waals surface area contributed by atoms with Crippen molar-refractivity contribution in [2.45, 2.75) is 33.2 Å². The van der Waals surface area contributed by atoms with Crippen molar-refractivity contribution in [3.8, 4) is 0 Å². The van der Waals surface area contributed by atoms with Gasteiger partial charge in [-0.2, -0.15) is 0 Å². The van der Waals surface area contributed by atoms with Gasteiger partial charge >= 0.3 is 0 Å². The van der Waals surface area contributed by atoms with Crippen LogP contribution in [0.5, 0.6) is 0 Å². The maximum absolute atomic E-state index is 12.7. The van der Waals surface area contributed by atoms with Gasteiger partial charge in [0.1, 0.15) is 5.82 Å². The van der Waals surface area contributed by atoms with Crippen LogP contribution in [0.1, 0.15) is 39.9 Å². The number of likely N-dealkylation sites (tertiary alicyclic amines) is 1. The molecule has 1 saturated heterocycles. The molecule has 0 spiro atoms. The van der Waals surface area contributed by atoms with E-state index in [1.165, 1.54) is 18.3 Å². The molecule has 148 valence electrons. The number of thiophene rings is 1. The molecule has 0 unspecified atom stereocenters. The van der Waals surface area contributed by atoms with Crippen molar-refractivity contribution in [3.05, 3.63) is 45.8 Å². The summed E-state index contributed by atoms with van der Waals surface area (Å²) in [6.07, 6.45) is 2.94. The van der Waals surface area contributed by atoms with E-state index in [1.807, 2.05) is 25.1 Å². The van der Waals surface area contributed by atoms with Crippen LogP contribution in [0.25, 0.3) is 0 Å². The van der Waals surface area contributed by atoms with Crippen LogP contribution in [0, 0.1) is 12.8 Å². The summed E-state index contributed by atoms with van der Waals surface area (Å²) in [5.74, 6) is 0.290. The molecule has 3 rings (SSSR count). The molecule has 0 aromatic carbocycles. The number of aryl methyl sites for hydroxylation is 1. The largest absolute Gasteiger partial charge is 0.351 e. The van der Waals surface area contributed by atoms with Crippen molar-refractivity contribution < 1.29 is 14.4 Å². The van der Waals surface area contributed by atoms with E-state index in [0.717, 1.165) is 10.4 Å². The van der Waals surface area contributed by atoms with E-state index in [1.54, 1.807) is 17.2 Å². The molecule has 0 aliphatic carbocycles. The number of rotatable bonds is 5. The second-order valence-corrected chi connectivity index (χ2v) is 8.12. The molecule has 0 bridgehead atoms. The van der Waals surface area contributed by atoms with Crippen LogP contribution in [-0.2, 0) is 16.1 Å². The maximum atomic E-state index is 12.7. The number of carbonyl (C=O) groups excluding carboxylic acids is 3. The molecule has 0 atom stereocenters. The quantitative estimate of drug-likeness (QED) is 0.807. The van der Waals surface area contributed by atoms with Crippen LogP contribution in [0.3, 0.4) is 0 Å². The van der Waals surface area contributed by atoms with Crippen molar-refractivity contribution >= 4 is 34.9 Å². The maximum Gasteiger partial charge on any atom is 0.263 e. The van der Waals surface area contributed by atoms with Crippen molar-refractivity contribution in [1.82, 2.24) is 15.2 Å². The van der Waals surface area contributed by atoms with Gasteiger partial charge in [-0.1, -0.05) is 0 Å². The highest BCUT2D eigenvalue weighted by molar-refractivity contribution is 7.14. The first-order chi connectivity index (χ1) is 13.4. The number of hydrogen-bond donors (Lipinski definition) is 2. The van der Waals surface area contributed by atoms with E-state index in [-0.39, 0.29) is 23.6 Å². The van der Waals surface area contributed by atoms with E-state index < -0.39 is 0 Å². The van der Waals surface area contributed by atoms with E-state index in [4.69, 9.17) is 0 Å². The zero-order chi connectivity index (χ0) is 20.1. The predicted molar refractivity (Wildman–Crippen MR) is 108 cm³/mol. The fourth-order valence-electron chi connectivity index (χ4n) is 3.13. The molecular weight excluding hydrogens is 376 g/mol. The minimum absolute atomic E-state index is 0.0155. The molecule has 0 saturated carbocycles. The monoisotopic (exact) mass is 400 g/mol. The van der Waals surface area contributed by atoms with Crippen LogP contribution in [0.15, 0.2) is 30.5 Å². The molecule has 2 aromatic heterocycles. The van der Waals surface area contributed by atoms with Gasteiger partial charge in [0.25, 0.3) is 5.91 Å². The highest BCUT2D eigenvalue weighted by Gasteiger charge is 2.28. The lowest BCUT2D eigenvalue weighted by Crippen LogP contribution is -2.41. The molecular formula is C20H24N4O3S. The first-order valence-corrected chi connectivity index (χ1v) is 10.1. The molecule has 8 heteroatoms. The molecule has 3 heterocycles. The minimum Gasteiger partial charge on any atom is -0.351 e. The lowest BCUT2D eigenvalue weighted by atomic mass is 9.95. The van der Waals surface area contributed by atoms with E-state index in [9.17, 15) is 14.4 Å². The standard InChI is InChI=1S/C20H24N4O3S/c1-13-5-8-21-18(11-13)23-19(26)15-6-9-24(10-7-15)20(27)17-4-3-16(28-17)12-22-14(2)25/h3-5,8,11,15H,6-7,9-10,12H2,1-2H3,(H,22,25)(H,21,23,26). The molecule has 0 radical (unpaired) electrons. The van der Waals surface area contributed by atoms with Gasteiger partial charge in [-0.15, -0.1) is 11.3 Å². The lowest BCUT2D eigenvalue weighted by molar-refractivity contribution is -0.121. The summed E-state index contributed by atoms with van der Waals surface area (Å²) in [6, 6.07) is 7.38. The first-order valence-electron chi connectivity index (χ1n) is 9.28. The highest BCUT2D eigenvalue weighted by atomic mass is 32.1. The summed E-state index contributed by atoms with van der Waals surface area (Å²) < 4.78 is 0. The number of carbonyl (C=O) groups is 3. The first kappa shape index (κ1) is 20.0. The van der Waals surface area contributed by atoms with Crippen molar-refractivity contribution in [2.75, 3.05) is 18.4 Å². The highest BCUT2D eigenvalue weighted by Crippen LogP contribution is 2.23. The van der Waals surface area contributed by atoms with Crippen molar-refractivity contribution in [1.29, 1.82) is 0 Å². The number of hydrogen-bond acceptors (Lipinski definition) is 5. The van der Waals surface area contributed by atoms with Gasteiger partial charge in [0.2, 0.25) is 11.8 Å². The summed E-state index contributed by atoms with van der Waals surface area (Å²) in [5, 5.41) is 5.60. The Hall–Kier alpha value is -2.74. The summed E-state index contributed by atoms with van der Waals surface area (Å²) in [7, 11) is 0. The smallest absolute Gasteiger partial charge is 0.263 e. The molecule has 7 nitrogen and oxygen atoms in total. The van der Waals surface area contributed by atoms with Crippen LogP contribution in [0.2, 0.25) is 0 Å². The topological polar surface area (TPSA) is 91.4 Å². The Bertz CT molecular complexity index is 872. The number of anilines is 1. The van der Waals surface area contributed by atoms with E-state index >= 15 is 0 Å². The number of pyridine rings is 1. The fraction of sp³-hybridized carbons (Fsp3) is 0.400. The van der Waals surface area contributed by atoms with Gasteiger partial charge in [0.15, 0.2) is 0 Å². The third-order valence-electron chi connectivity index (χ3n) is 4.70. The molecule has 28 heavy (non-hydrogen) atoms. The normalized spacial score (nSPS) is 14.6. The molecule has 2 aromatic rings. The third-order valence-corrected chi connectivity index (χ3v) is 5.78. The third kappa shape index (κ3) is 5.16. The zero-order valence-electron chi connectivity index (χ0n) is 16.0. The van der Waals surface area contributed by atoms with Gasteiger partial charge in [0, 0.05) is 37.0 Å². The average molecular weight is 401 g/mol. The van der Waals surface area contributed by atoms with Gasteiger partial charge < -0.3 is 15.5 Å². The zero-order valence-corrected chi connectivity index (χ0v) is 16.8. The predicted octanol–water partition coefficient (Wildman–Crippen LogP) is 2.58.